The minimum Gasteiger partial charge on any atom is -0.385 e. The van der Waals surface area contributed by atoms with Gasteiger partial charge in [-0.2, -0.15) is 13.2 Å². The second kappa shape index (κ2) is 17.5. The van der Waals surface area contributed by atoms with Crippen LogP contribution in [0.5, 0.6) is 0 Å². The second-order valence-corrected chi connectivity index (χ2v) is 10.9. The van der Waals surface area contributed by atoms with Crippen LogP contribution in [0, 0.1) is 0 Å². The fourth-order valence-corrected chi connectivity index (χ4v) is 5.01. The standard InChI is InChI=1S/C34H44F3N3O3/c1-3-4-5-6-10-19-32(41)40(24-28-14-8-7-9-15-28)27-33(42)39(21-13-22-43-2)26-31-18-12-20-38(31)25-29-16-11-17-30(23-29)34(35,36)37/h7-9,11-12,14-18,20,23H,3-6,10,13,19,21-22,24-27H2,1-2H3. The van der Waals surface area contributed by atoms with Crippen LogP contribution in [0.4, 0.5) is 13.2 Å². The first-order valence-electron chi connectivity index (χ1n) is 15.1. The Morgan fingerprint density at radius 3 is 2.28 bits per heavy atom. The molecule has 0 radical (unpaired) electrons. The quantitative estimate of drug-likeness (QED) is 0.144. The van der Waals surface area contributed by atoms with Gasteiger partial charge in [0.25, 0.3) is 0 Å². The van der Waals surface area contributed by atoms with E-state index in [-0.39, 0.29) is 31.4 Å². The molecule has 1 heterocycles. The molecule has 0 atom stereocenters. The first-order valence-corrected chi connectivity index (χ1v) is 15.1. The van der Waals surface area contributed by atoms with Crippen molar-refractivity contribution >= 4 is 11.8 Å². The normalized spacial score (nSPS) is 11.5. The van der Waals surface area contributed by atoms with Crippen molar-refractivity contribution in [2.75, 3.05) is 26.8 Å². The zero-order valence-corrected chi connectivity index (χ0v) is 25.3. The van der Waals surface area contributed by atoms with E-state index in [0.29, 0.717) is 38.1 Å². The largest absolute Gasteiger partial charge is 0.416 e. The molecule has 6 nitrogen and oxygen atoms in total. The van der Waals surface area contributed by atoms with E-state index in [0.717, 1.165) is 55.5 Å². The zero-order valence-electron chi connectivity index (χ0n) is 25.3. The van der Waals surface area contributed by atoms with E-state index in [1.54, 1.807) is 29.2 Å². The number of benzene rings is 2. The summed E-state index contributed by atoms with van der Waals surface area (Å²) in [6, 6.07) is 18.6. The number of aromatic nitrogens is 1. The predicted molar refractivity (Wildman–Crippen MR) is 162 cm³/mol. The number of methoxy groups -OCH3 is 1. The SMILES string of the molecule is CCCCCCCC(=O)N(CC(=O)N(CCCOC)Cc1cccn1Cc1cccc(C(F)(F)F)c1)Cc1ccccc1. The number of carbonyl (C=O) groups excluding carboxylic acids is 2. The Hall–Kier alpha value is -3.59. The lowest BCUT2D eigenvalue weighted by Gasteiger charge is -2.28. The molecule has 1 aromatic heterocycles. The molecule has 0 aliphatic rings. The molecule has 0 N–H and O–H groups in total. The van der Waals surface area contributed by atoms with Crippen molar-refractivity contribution in [1.29, 1.82) is 0 Å². The lowest BCUT2D eigenvalue weighted by Crippen LogP contribution is -2.43. The van der Waals surface area contributed by atoms with Gasteiger partial charge in [-0.1, -0.05) is 75.1 Å². The van der Waals surface area contributed by atoms with Crippen molar-refractivity contribution in [3.05, 3.63) is 95.3 Å². The predicted octanol–water partition coefficient (Wildman–Crippen LogP) is 7.31. The van der Waals surface area contributed by atoms with Crippen molar-refractivity contribution in [3.8, 4) is 0 Å². The zero-order chi connectivity index (χ0) is 31.1. The number of rotatable bonds is 18. The fraction of sp³-hybridized carbons (Fsp3) is 0.471. The lowest BCUT2D eigenvalue weighted by atomic mass is 10.1. The topological polar surface area (TPSA) is 54.8 Å². The second-order valence-electron chi connectivity index (χ2n) is 10.9. The first-order chi connectivity index (χ1) is 20.7. The van der Waals surface area contributed by atoms with Gasteiger partial charge in [0, 0.05) is 51.7 Å². The highest BCUT2D eigenvalue weighted by molar-refractivity contribution is 5.84. The van der Waals surface area contributed by atoms with Crippen LogP contribution in [-0.4, -0.2) is 53.0 Å². The maximum absolute atomic E-state index is 13.8. The van der Waals surface area contributed by atoms with Gasteiger partial charge in [0.2, 0.25) is 11.8 Å². The Kier molecular flexibility index (Phi) is 13.8. The van der Waals surface area contributed by atoms with E-state index in [2.05, 4.69) is 6.92 Å². The summed E-state index contributed by atoms with van der Waals surface area (Å²) in [6.45, 7) is 3.84. The molecule has 3 rings (SSSR count). The molecular formula is C34H44F3N3O3. The molecule has 43 heavy (non-hydrogen) atoms. The summed E-state index contributed by atoms with van der Waals surface area (Å²) in [4.78, 5) is 30.4. The van der Waals surface area contributed by atoms with E-state index >= 15 is 0 Å². The monoisotopic (exact) mass is 599 g/mol. The molecule has 2 amide bonds. The van der Waals surface area contributed by atoms with Gasteiger partial charge in [-0.15, -0.1) is 0 Å². The van der Waals surface area contributed by atoms with Crippen molar-refractivity contribution in [1.82, 2.24) is 14.4 Å². The molecule has 3 aromatic rings. The molecule has 234 valence electrons. The van der Waals surface area contributed by atoms with Crippen molar-refractivity contribution < 1.29 is 27.5 Å². The van der Waals surface area contributed by atoms with E-state index in [4.69, 9.17) is 4.74 Å². The molecule has 9 heteroatoms. The summed E-state index contributed by atoms with van der Waals surface area (Å²) in [6.07, 6.45) is 3.54. The number of halogens is 3. The molecular weight excluding hydrogens is 555 g/mol. The van der Waals surface area contributed by atoms with Gasteiger partial charge in [0.15, 0.2) is 0 Å². The molecule has 0 aliphatic carbocycles. The van der Waals surface area contributed by atoms with E-state index in [1.807, 2.05) is 47.0 Å². The van der Waals surface area contributed by atoms with E-state index in [1.165, 1.54) is 6.07 Å². The Balaban J connectivity index is 1.75. The van der Waals surface area contributed by atoms with Crippen molar-refractivity contribution in [2.45, 2.75) is 77.7 Å². The summed E-state index contributed by atoms with van der Waals surface area (Å²) in [5.74, 6) is -0.225. The van der Waals surface area contributed by atoms with Gasteiger partial charge in [-0.3, -0.25) is 9.59 Å². The third kappa shape index (κ3) is 11.5. The van der Waals surface area contributed by atoms with Crippen LogP contribution in [0.25, 0.3) is 0 Å². The number of unbranched alkanes of at least 4 members (excludes halogenated alkanes) is 4. The number of amides is 2. The molecule has 0 bridgehead atoms. The summed E-state index contributed by atoms with van der Waals surface area (Å²) >= 11 is 0. The smallest absolute Gasteiger partial charge is 0.385 e. The minimum atomic E-state index is -4.42. The molecule has 0 saturated heterocycles. The Morgan fingerprint density at radius 2 is 1.56 bits per heavy atom. The lowest BCUT2D eigenvalue weighted by molar-refractivity contribution is -0.141. The molecule has 0 aliphatic heterocycles. The summed E-state index contributed by atoms with van der Waals surface area (Å²) < 4.78 is 46.9. The van der Waals surface area contributed by atoms with Gasteiger partial charge in [0.1, 0.15) is 6.54 Å². The summed E-state index contributed by atoms with van der Waals surface area (Å²) in [5.41, 5.74) is 1.57. The van der Waals surface area contributed by atoms with E-state index in [9.17, 15) is 22.8 Å². The van der Waals surface area contributed by atoms with Crippen LogP contribution in [0.3, 0.4) is 0 Å². The average molecular weight is 600 g/mol. The number of hydrogen-bond acceptors (Lipinski definition) is 3. The number of carbonyl (C=O) groups is 2. The van der Waals surface area contributed by atoms with Crippen molar-refractivity contribution in [2.24, 2.45) is 0 Å². The third-order valence-corrected chi connectivity index (χ3v) is 7.40. The summed E-state index contributed by atoms with van der Waals surface area (Å²) in [7, 11) is 1.60. The Bertz CT molecular complexity index is 1260. The number of ether oxygens (including phenoxy) is 1. The fourth-order valence-electron chi connectivity index (χ4n) is 5.01. The highest BCUT2D eigenvalue weighted by Crippen LogP contribution is 2.29. The van der Waals surface area contributed by atoms with Crippen LogP contribution < -0.4 is 0 Å². The van der Waals surface area contributed by atoms with Gasteiger partial charge in [0.05, 0.1) is 12.1 Å². The minimum absolute atomic E-state index is 0.0431. The molecule has 0 spiro atoms. The number of hydrogen-bond donors (Lipinski definition) is 0. The Morgan fingerprint density at radius 1 is 0.814 bits per heavy atom. The van der Waals surface area contributed by atoms with Crippen molar-refractivity contribution in [3.63, 3.8) is 0 Å². The molecule has 2 aromatic carbocycles. The van der Waals surface area contributed by atoms with Gasteiger partial charge in [-0.25, -0.2) is 0 Å². The van der Waals surface area contributed by atoms with Crippen LogP contribution in [0.1, 0.15) is 74.3 Å². The molecule has 0 unspecified atom stereocenters. The molecule has 0 fully saturated rings. The van der Waals surface area contributed by atoms with Crippen LogP contribution >= 0.6 is 0 Å². The molecule has 0 saturated carbocycles. The maximum Gasteiger partial charge on any atom is 0.416 e. The maximum atomic E-state index is 13.8. The number of alkyl halides is 3. The third-order valence-electron chi connectivity index (χ3n) is 7.40. The highest BCUT2D eigenvalue weighted by Gasteiger charge is 2.30. The van der Waals surface area contributed by atoms with Gasteiger partial charge >= 0.3 is 6.18 Å². The number of nitrogens with zero attached hydrogens (tertiary/aromatic N) is 3. The van der Waals surface area contributed by atoms with Crippen LogP contribution in [0.15, 0.2) is 72.9 Å². The Labute approximate surface area is 253 Å². The van der Waals surface area contributed by atoms with Crippen LogP contribution in [-0.2, 0) is 40.1 Å². The first kappa shape index (κ1) is 33.9. The van der Waals surface area contributed by atoms with Crippen LogP contribution in [0.2, 0.25) is 0 Å². The average Bonchev–Trinajstić information content (AvgIpc) is 3.42. The highest BCUT2D eigenvalue weighted by atomic mass is 19.4. The van der Waals surface area contributed by atoms with Gasteiger partial charge < -0.3 is 19.1 Å². The van der Waals surface area contributed by atoms with E-state index < -0.39 is 11.7 Å². The summed E-state index contributed by atoms with van der Waals surface area (Å²) in [5, 5.41) is 0. The van der Waals surface area contributed by atoms with Gasteiger partial charge in [-0.05, 0) is 48.2 Å².